The third kappa shape index (κ3) is 3.90. The van der Waals surface area contributed by atoms with E-state index in [0.717, 1.165) is 6.42 Å². The van der Waals surface area contributed by atoms with Crippen molar-refractivity contribution < 1.29 is 23.8 Å². The Balaban J connectivity index is 1.69. The number of nitrogens with zero attached hydrogens (tertiary/aromatic N) is 3. The van der Waals surface area contributed by atoms with Crippen LogP contribution in [0.25, 0.3) is 11.3 Å². The number of carbonyl (C=O) groups excluding carboxylic acids is 2. The van der Waals surface area contributed by atoms with Gasteiger partial charge < -0.3 is 25.4 Å². The highest BCUT2D eigenvalue weighted by molar-refractivity contribution is 5.97. The van der Waals surface area contributed by atoms with Gasteiger partial charge in [-0.15, -0.1) is 0 Å². The summed E-state index contributed by atoms with van der Waals surface area (Å²) in [4.78, 5) is 31.4. The zero-order chi connectivity index (χ0) is 23.0. The maximum atomic E-state index is 15.0. The maximum absolute atomic E-state index is 15.0. The summed E-state index contributed by atoms with van der Waals surface area (Å²) in [6.07, 6.45) is 0.706. The van der Waals surface area contributed by atoms with E-state index in [9.17, 15) is 14.7 Å². The van der Waals surface area contributed by atoms with E-state index >= 15 is 4.39 Å². The molecular weight excluding hydrogens is 415 g/mol. The van der Waals surface area contributed by atoms with Gasteiger partial charge in [-0.3, -0.25) is 9.59 Å². The Hall–Kier alpha value is -3.48. The van der Waals surface area contributed by atoms with Crippen LogP contribution in [0.5, 0.6) is 0 Å². The number of likely N-dealkylation sites (N-methyl/N-ethyl adjacent to an activating group) is 1. The monoisotopic (exact) mass is 438 g/mol. The van der Waals surface area contributed by atoms with E-state index in [1.165, 1.54) is 11.0 Å². The van der Waals surface area contributed by atoms with Crippen LogP contribution in [0.1, 0.15) is 28.9 Å². The summed E-state index contributed by atoms with van der Waals surface area (Å²) in [5, 5.41) is 10.5. The normalized spacial score (nSPS) is 22.2. The van der Waals surface area contributed by atoms with Crippen molar-refractivity contribution in [1.82, 2.24) is 9.88 Å². The maximum Gasteiger partial charge on any atom is 0.269 e. The van der Waals surface area contributed by atoms with Crippen molar-refractivity contribution in [3.05, 3.63) is 47.4 Å². The molecule has 166 valence electrons. The summed E-state index contributed by atoms with van der Waals surface area (Å²) in [7, 11) is 3.29. The van der Waals surface area contributed by atoms with E-state index in [2.05, 4.69) is 16.8 Å². The van der Waals surface area contributed by atoms with Gasteiger partial charge in [0.2, 0.25) is 5.60 Å². The SMILES string of the molecule is CN1CC[C@@](O)(C#Cc2cccc(-c3nc(C(N)=O)c(N(C)[C@H]4CCO4)cc3F)c2)C1=O. The number of primary amides is 1. The summed E-state index contributed by atoms with van der Waals surface area (Å²) in [6.45, 7) is 1.02. The topological polar surface area (TPSA) is 109 Å². The van der Waals surface area contributed by atoms with Gasteiger partial charge in [-0.05, 0) is 12.1 Å². The third-order valence-electron chi connectivity index (χ3n) is 5.74. The first-order valence-corrected chi connectivity index (χ1v) is 10.2. The molecule has 0 unspecified atom stereocenters. The van der Waals surface area contributed by atoms with Gasteiger partial charge in [0.25, 0.3) is 11.8 Å². The Kier molecular flexibility index (Phi) is 5.59. The van der Waals surface area contributed by atoms with Crippen LogP contribution in [0.15, 0.2) is 30.3 Å². The molecule has 8 nitrogen and oxygen atoms in total. The van der Waals surface area contributed by atoms with Gasteiger partial charge in [-0.1, -0.05) is 24.0 Å². The molecule has 0 saturated carbocycles. The van der Waals surface area contributed by atoms with Gasteiger partial charge in [0.15, 0.2) is 11.5 Å². The Morgan fingerprint density at radius 1 is 1.44 bits per heavy atom. The molecule has 4 rings (SSSR count). The van der Waals surface area contributed by atoms with Crippen LogP contribution < -0.4 is 10.6 Å². The van der Waals surface area contributed by atoms with Gasteiger partial charge >= 0.3 is 0 Å². The van der Waals surface area contributed by atoms with Crippen LogP contribution in [0, 0.1) is 17.7 Å². The molecule has 0 spiro atoms. The lowest BCUT2D eigenvalue weighted by Gasteiger charge is -2.36. The minimum Gasteiger partial charge on any atom is -0.369 e. The summed E-state index contributed by atoms with van der Waals surface area (Å²) in [5.74, 6) is 3.56. The van der Waals surface area contributed by atoms with E-state index in [0.29, 0.717) is 24.3 Å². The highest BCUT2D eigenvalue weighted by Crippen LogP contribution is 2.30. The van der Waals surface area contributed by atoms with E-state index in [1.54, 1.807) is 43.3 Å². The van der Waals surface area contributed by atoms with E-state index in [1.807, 2.05) is 0 Å². The Bertz CT molecular complexity index is 1150. The second kappa shape index (κ2) is 8.22. The minimum absolute atomic E-state index is 0.0514. The zero-order valence-corrected chi connectivity index (χ0v) is 17.8. The number of nitrogens with two attached hydrogens (primary N) is 1. The van der Waals surface area contributed by atoms with Crippen molar-refractivity contribution in [1.29, 1.82) is 0 Å². The van der Waals surface area contributed by atoms with Crippen molar-refractivity contribution in [3.8, 4) is 23.1 Å². The van der Waals surface area contributed by atoms with E-state index < -0.39 is 23.2 Å². The number of benzene rings is 1. The van der Waals surface area contributed by atoms with Crippen molar-refractivity contribution >= 4 is 17.5 Å². The molecule has 2 aromatic rings. The lowest BCUT2D eigenvalue weighted by Crippen LogP contribution is -2.43. The molecule has 0 aliphatic carbocycles. The molecule has 3 N–H and O–H groups in total. The summed E-state index contributed by atoms with van der Waals surface area (Å²) >= 11 is 0. The van der Waals surface area contributed by atoms with Crippen LogP contribution in [-0.2, 0) is 9.53 Å². The van der Waals surface area contributed by atoms with Crippen molar-refractivity contribution in [2.24, 2.45) is 5.73 Å². The number of carbonyl (C=O) groups is 2. The molecule has 2 aliphatic heterocycles. The number of halogens is 1. The fraction of sp³-hybridized carbons (Fsp3) is 0.348. The number of anilines is 1. The number of aromatic nitrogens is 1. The molecule has 1 aromatic heterocycles. The number of amides is 2. The first-order chi connectivity index (χ1) is 15.2. The Labute approximate surface area is 184 Å². The number of ether oxygens (including phenoxy) is 1. The number of pyridine rings is 1. The predicted molar refractivity (Wildman–Crippen MR) is 115 cm³/mol. The van der Waals surface area contributed by atoms with E-state index in [-0.39, 0.29) is 29.7 Å². The van der Waals surface area contributed by atoms with Crippen LogP contribution >= 0.6 is 0 Å². The van der Waals surface area contributed by atoms with Crippen molar-refractivity contribution in [2.45, 2.75) is 24.7 Å². The minimum atomic E-state index is -1.73. The summed E-state index contributed by atoms with van der Waals surface area (Å²) in [5.41, 5.74) is 4.77. The lowest BCUT2D eigenvalue weighted by molar-refractivity contribution is -0.137. The van der Waals surface area contributed by atoms with Crippen LogP contribution in [0.2, 0.25) is 0 Å². The second-order valence-electron chi connectivity index (χ2n) is 7.94. The predicted octanol–water partition coefficient (Wildman–Crippen LogP) is 1.11. The molecule has 2 saturated heterocycles. The number of rotatable bonds is 4. The quantitative estimate of drug-likeness (QED) is 0.693. The molecule has 2 aliphatic rings. The number of aliphatic hydroxyl groups is 1. The molecule has 1 aromatic carbocycles. The van der Waals surface area contributed by atoms with Gasteiger partial charge in [-0.2, -0.15) is 0 Å². The number of hydrogen-bond donors (Lipinski definition) is 2. The van der Waals surface area contributed by atoms with E-state index in [4.69, 9.17) is 10.5 Å². The lowest BCUT2D eigenvalue weighted by atomic mass is 10.0. The Morgan fingerprint density at radius 2 is 2.19 bits per heavy atom. The van der Waals surface area contributed by atoms with Crippen molar-refractivity contribution in [3.63, 3.8) is 0 Å². The molecular formula is C23H23FN4O4. The highest BCUT2D eigenvalue weighted by Gasteiger charge is 2.42. The average molecular weight is 438 g/mol. The van der Waals surface area contributed by atoms with Crippen LogP contribution in [0.3, 0.4) is 0 Å². The van der Waals surface area contributed by atoms with Crippen molar-refractivity contribution in [2.75, 3.05) is 32.1 Å². The summed E-state index contributed by atoms with van der Waals surface area (Å²) in [6, 6.07) is 7.75. The average Bonchev–Trinajstić information content (AvgIpc) is 2.98. The fourth-order valence-electron chi connectivity index (χ4n) is 3.71. The van der Waals surface area contributed by atoms with Gasteiger partial charge in [0, 0.05) is 50.7 Å². The van der Waals surface area contributed by atoms with Gasteiger partial charge in [-0.25, -0.2) is 9.37 Å². The summed E-state index contributed by atoms with van der Waals surface area (Å²) < 4.78 is 20.4. The largest absolute Gasteiger partial charge is 0.369 e. The highest BCUT2D eigenvalue weighted by atomic mass is 19.1. The molecule has 3 heterocycles. The van der Waals surface area contributed by atoms with Crippen LogP contribution in [0.4, 0.5) is 10.1 Å². The van der Waals surface area contributed by atoms with Gasteiger partial charge in [0.1, 0.15) is 11.9 Å². The number of hydrogen-bond acceptors (Lipinski definition) is 6. The molecule has 2 atom stereocenters. The molecule has 2 fully saturated rings. The molecule has 0 radical (unpaired) electrons. The third-order valence-corrected chi connectivity index (χ3v) is 5.74. The zero-order valence-electron chi connectivity index (χ0n) is 17.8. The first kappa shape index (κ1) is 21.7. The first-order valence-electron chi connectivity index (χ1n) is 10.2. The molecule has 9 heteroatoms. The fourth-order valence-corrected chi connectivity index (χ4v) is 3.71. The molecule has 2 amide bonds. The Morgan fingerprint density at radius 3 is 2.78 bits per heavy atom. The second-order valence-corrected chi connectivity index (χ2v) is 7.94. The van der Waals surface area contributed by atoms with Crippen LogP contribution in [-0.4, -0.2) is 65.9 Å². The standard InChI is InChI=1S/C23H23FN4O4/c1-27-10-9-23(31,22(27)30)8-6-14-4-3-5-15(12-14)19-16(24)13-17(20(26-19)21(25)29)28(2)18-7-11-32-18/h3-5,12-13,18,31H,7,9-11H2,1-2H3,(H2,25,29)/t18-,23+/m1/s1. The molecule has 32 heavy (non-hydrogen) atoms. The van der Waals surface area contributed by atoms with Gasteiger partial charge in [0.05, 0.1) is 12.3 Å². The number of likely N-dealkylation sites (tertiary alicyclic amines) is 1. The smallest absolute Gasteiger partial charge is 0.269 e. The molecule has 0 bridgehead atoms.